The third-order valence-corrected chi connectivity index (χ3v) is 5.96. The van der Waals surface area contributed by atoms with Gasteiger partial charge in [-0.3, -0.25) is 19.7 Å². The number of anilines is 1. The number of aryl methyl sites for hydroxylation is 1. The number of benzene rings is 2. The molecular weight excluding hydrogens is 414 g/mol. The van der Waals surface area contributed by atoms with E-state index in [-0.39, 0.29) is 27.2 Å². The summed E-state index contributed by atoms with van der Waals surface area (Å²) in [5.41, 5.74) is 8.04. The molecule has 7 nitrogen and oxygen atoms in total. The van der Waals surface area contributed by atoms with Crippen LogP contribution in [0.1, 0.15) is 51.9 Å². The number of thiophene rings is 1. The molecule has 0 aliphatic heterocycles. The molecule has 8 heteroatoms. The van der Waals surface area contributed by atoms with Crippen LogP contribution >= 0.6 is 11.3 Å². The van der Waals surface area contributed by atoms with Crippen LogP contribution in [0.2, 0.25) is 0 Å². The molecule has 0 atom stereocenters. The molecule has 0 saturated heterocycles. The Hall–Kier alpha value is -3.52. The summed E-state index contributed by atoms with van der Waals surface area (Å²) in [5.74, 6) is -1.36. The maximum absolute atomic E-state index is 12.8. The molecule has 0 aliphatic rings. The van der Waals surface area contributed by atoms with E-state index < -0.39 is 16.7 Å². The number of hydrogen-bond donors (Lipinski definition) is 2. The highest BCUT2D eigenvalue weighted by Gasteiger charge is 2.26. The molecule has 0 unspecified atom stereocenters. The number of para-hydroxylation sites is 1. The number of nitro benzene ring substituents is 1. The number of hydrogen-bond acceptors (Lipinski definition) is 5. The van der Waals surface area contributed by atoms with Crippen molar-refractivity contribution in [2.24, 2.45) is 5.73 Å². The van der Waals surface area contributed by atoms with Crippen molar-refractivity contribution in [2.45, 2.75) is 33.1 Å². The van der Waals surface area contributed by atoms with Gasteiger partial charge in [0.15, 0.2) is 0 Å². The van der Waals surface area contributed by atoms with Gasteiger partial charge in [-0.25, -0.2) is 0 Å². The van der Waals surface area contributed by atoms with Crippen molar-refractivity contribution in [3.8, 4) is 11.1 Å². The fourth-order valence-electron chi connectivity index (χ4n) is 3.35. The highest BCUT2D eigenvalue weighted by molar-refractivity contribution is 7.17. The third kappa shape index (κ3) is 4.49. The van der Waals surface area contributed by atoms with Gasteiger partial charge in [-0.15, -0.1) is 11.3 Å². The smallest absolute Gasteiger partial charge is 0.282 e. The fourth-order valence-corrected chi connectivity index (χ4v) is 4.42. The van der Waals surface area contributed by atoms with Crippen LogP contribution in [0, 0.1) is 17.0 Å². The zero-order chi connectivity index (χ0) is 22.9. The first kappa shape index (κ1) is 22.2. The molecule has 1 aromatic heterocycles. The molecule has 31 heavy (non-hydrogen) atoms. The minimum atomic E-state index is -0.683. The van der Waals surface area contributed by atoms with Gasteiger partial charge in [-0.1, -0.05) is 57.2 Å². The summed E-state index contributed by atoms with van der Waals surface area (Å²) in [7, 11) is 0. The molecule has 3 N–H and O–H groups in total. The fraction of sp³-hybridized carbons (Fsp3) is 0.217. The molecule has 0 saturated carbocycles. The highest BCUT2D eigenvalue weighted by Crippen LogP contribution is 2.40. The lowest BCUT2D eigenvalue weighted by Crippen LogP contribution is -2.18. The second-order valence-electron chi connectivity index (χ2n) is 8.16. The number of rotatable bonds is 5. The molecule has 0 radical (unpaired) electrons. The molecule has 160 valence electrons. The molecule has 0 bridgehead atoms. The summed E-state index contributed by atoms with van der Waals surface area (Å²) in [6.07, 6.45) is 0. The standard InChI is InChI=1S/C23H23N3O4S/c1-13-18(14-9-11-15(12-10-14)23(2,3)4)19(20(24)27)22(31-13)25-21(28)16-7-5-6-8-17(16)26(29)30/h5-12H,1-4H3,(H2,24,27)(H,25,28). The molecule has 3 rings (SSSR count). The van der Waals surface area contributed by atoms with Gasteiger partial charge in [0.2, 0.25) is 0 Å². The first-order valence-electron chi connectivity index (χ1n) is 9.59. The number of primary amides is 1. The van der Waals surface area contributed by atoms with E-state index >= 15 is 0 Å². The summed E-state index contributed by atoms with van der Waals surface area (Å²) in [6.45, 7) is 8.18. The Morgan fingerprint density at radius 1 is 1.06 bits per heavy atom. The second-order valence-corrected chi connectivity index (χ2v) is 9.38. The van der Waals surface area contributed by atoms with E-state index in [0.717, 1.165) is 16.0 Å². The van der Waals surface area contributed by atoms with Gasteiger partial charge in [0.25, 0.3) is 17.5 Å². The summed E-state index contributed by atoms with van der Waals surface area (Å²) in [6, 6.07) is 13.5. The highest BCUT2D eigenvalue weighted by atomic mass is 32.1. The average Bonchev–Trinajstić information content (AvgIpc) is 3.03. The number of carbonyl (C=O) groups is 2. The number of nitro groups is 1. The Balaban J connectivity index is 2.04. The van der Waals surface area contributed by atoms with Crippen LogP contribution in [0.25, 0.3) is 11.1 Å². The van der Waals surface area contributed by atoms with Crippen LogP contribution in [0.4, 0.5) is 10.7 Å². The van der Waals surface area contributed by atoms with E-state index in [0.29, 0.717) is 5.56 Å². The van der Waals surface area contributed by atoms with Gasteiger partial charge in [-0.2, -0.15) is 0 Å². The topological polar surface area (TPSA) is 115 Å². The van der Waals surface area contributed by atoms with E-state index in [1.807, 2.05) is 31.2 Å². The summed E-state index contributed by atoms with van der Waals surface area (Å²) in [5, 5.41) is 14.2. The summed E-state index contributed by atoms with van der Waals surface area (Å²) in [4.78, 5) is 36.5. The minimum Gasteiger partial charge on any atom is -0.365 e. The van der Waals surface area contributed by atoms with E-state index in [1.165, 1.54) is 29.5 Å². The van der Waals surface area contributed by atoms with Gasteiger partial charge >= 0.3 is 0 Å². The normalized spacial score (nSPS) is 11.2. The van der Waals surface area contributed by atoms with Crippen LogP contribution in [0.3, 0.4) is 0 Å². The minimum absolute atomic E-state index is 0.0156. The van der Waals surface area contributed by atoms with Gasteiger partial charge in [0, 0.05) is 16.5 Å². The number of nitrogens with one attached hydrogen (secondary N) is 1. The van der Waals surface area contributed by atoms with Crippen LogP contribution in [-0.2, 0) is 5.41 Å². The predicted molar refractivity (Wildman–Crippen MR) is 123 cm³/mol. The number of amides is 2. The molecule has 0 aliphatic carbocycles. The average molecular weight is 438 g/mol. The van der Waals surface area contributed by atoms with Crippen molar-refractivity contribution < 1.29 is 14.5 Å². The summed E-state index contributed by atoms with van der Waals surface area (Å²) < 4.78 is 0. The number of nitrogens with zero attached hydrogens (tertiary/aromatic N) is 1. The van der Waals surface area contributed by atoms with Crippen molar-refractivity contribution in [2.75, 3.05) is 5.32 Å². The van der Waals surface area contributed by atoms with E-state index in [2.05, 4.69) is 26.1 Å². The molecule has 3 aromatic rings. The van der Waals surface area contributed by atoms with Crippen molar-refractivity contribution in [1.29, 1.82) is 0 Å². The van der Waals surface area contributed by atoms with Crippen LogP contribution in [0.15, 0.2) is 48.5 Å². The Kier molecular flexibility index (Phi) is 5.94. The molecule has 0 spiro atoms. The Bertz CT molecular complexity index is 1170. The molecule has 2 aromatic carbocycles. The molecule has 0 fully saturated rings. The quantitative estimate of drug-likeness (QED) is 0.417. The van der Waals surface area contributed by atoms with Crippen LogP contribution in [0.5, 0.6) is 0 Å². The third-order valence-electron chi connectivity index (χ3n) is 4.94. The summed E-state index contributed by atoms with van der Waals surface area (Å²) >= 11 is 1.21. The maximum atomic E-state index is 12.8. The number of carbonyl (C=O) groups excluding carboxylic acids is 2. The van der Waals surface area contributed by atoms with E-state index in [9.17, 15) is 19.7 Å². The first-order chi connectivity index (χ1) is 14.5. The van der Waals surface area contributed by atoms with Crippen LogP contribution < -0.4 is 11.1 Å². The first-order valence-corrected chi connectivity index (χ1v) is 10.4. The SMILES string of the molecule is Cc1sc(NC(=O)c2ccccc2[N+](=O)[O-])c(C(N)=O)c1-c1ccc(C(C)(C)C)cc1. The molecule has 2 amide bonds. The van der Waals surface area contributed by atoms with Crippen molar-refractivity contribution in [3.63, 3.8) is 0 Å². The lowest BCUT2D eigenvalue weighted by Gasteiger charge is -2.19. The van der Waals surface area contributed by atoms with Gasteiger partial charge in [-0.05, 0) is 29.5 Å². The van der Waals surface area contributed by atoms with Crippen molar-refractivity contribution in [3.05, 3.63) is 80.2 Å². The second kappa shape index (κ2) is 8.31. The zero-order valence-electron chi connectivity index (χ0n) is 17.7. The van der Waals surface area contributed by atoms with Gasteiger partial charge < -0.3 is 11.1 Å². The maximum Gasteiger partial charge on any atom is 0.282 e. The van der Waals surface area contributed by atoms with Gasteiger partial charge in [0.05, 0.1) is 10.5 Å². The van der Waals surface area contributed by atoms with Crippen molar-refractivity contribution >= 4 is 33.8 Å². The van der Waals surface area contributed by atoms with Crippen molar-refractivity contribution in [1.82, 2.24) is 0 Å². The zero-order valence-corrected chi connectivity index (χ0v) is 18.5. The lowest BCUT2D eigenvalue weighted by molar-refractivity contribution is -0.385. The largest absolute Gasteiger partial charge is 0.365 e. The van der Waals surface area contributed by atoms with Crippen LogP contribution in [-0.4, -0.2) is 16.7 Å². The monoisotopic (exact) mass is 437 g/mol. The molecular formula is C23H23N3O4S. The van der Waals surface area contributed by atoms with E-state index in [1.54, 1.807) is 6.07 Å². The predicted octanol–water partition coefficient (Wildman–Crippen LogP) is 5.28. The molecule has 1 heterocycles. The Morgan fingerprint density at radius 3 is 2.23 bits per heavy atom. The Labute approximate surface area is 184 Å². The number of nitrogens with two attached hydrogens (primary N) is 1. The van der Waals surface area contributed by atoms with E-state index in [4.69, 9.17) is 5.73 Å². The lowest BCUT2D eigenvalue weighted by atomic mass is 9.86. The Morgan fingerprint density at radius 2 is 1.68 bits per heavy atom. The van der Waals surface area contributed by atoms with Gasteiger partial charge in [0.1, 0.15) is 10.6 Å².